The first-order valence-corrected chi connectivity index (χ1v) is 8.38. The van der Waals surface area contributed by atoms with Crippen molar-refractivity contribution in [2.75, 3.05) is 19.0 Å². The van der Waals surface area contributed by atoms with Crippen LogP contribution in [0.15, 0.2) is 42.5 Å². The summed E-state index contributed by atoms with van der Waals surface area (Å²) in [4.78, 5) is 23.7. The van der Waals surface area contributed by atoms with Gasteiger partial charge in [0.05, 0.1) is 12.1 Å². The second-order valence-electron chi connectivity index (χ2n) is 5.30. The molecular formula is C18H18Cl2N2O3. The van der Waals surface area contributed by atoms with E-state index in [0.29, 0.717) is 34.4 Å². The van der Waals surface area contributed by atoms with Crippen molar-refractivity contribution in [1.29, 1.82) is 0 Å². The molecule has 0 unspecified atom stereocenters. The van der Waals surface area contributed by atoms with E-state index in [1.807, 2.05) is 12.1 Å². The van der Waals surface area contributed by atoms with E-state index in [2.05, 4.69) is 10.6 Å². The number of halogens is 2. The Morgan fingerprint density at radius 3 is 2.40 bits per heavy atom. The van der Waals surface area contributed by atoms with Crippen LogP contribution in [0.5, 0.6) is 5.75 Å². The van der Waals surface area contributed by atoms with Gasteiger partial charge >= 0.3 is 0 Å². The molecule has 25 heavy (non-hydrogen) atoms. The number of benzene rings is 2. The average molecular weight is 381 g/mol. The minimum absolute atomic E-state index is 0.260. The molecular weight excluding hydrogens is 363 g/mol. The van der Waals surface area contributed by atoms with Gasteiger partial charge in [0.15, 0.2) is 0 Å². The van der Waals surface area contributed by atoms with Gasteiger partial charge in [-0.3, -0.25) is 9.59 Å². The van der Waals surface area contributed by atoms with Crippen LogP contribution < -0.4 is 15.4 Å². The molecule has 0 aromatic heterocycles. The largest absolute Gasteiger partial charge is 0.495 e. The lowest BCUT2D eigenvalue weighted by Gasteiger charge is -2.09. The Morgan fingerprint density at radius 2 is 1.76 bits per heavy atom. The van der Waals surface area contributed by atoms with Crippen LogP contribution in [0.25, 0.3) is 0 Å². The van der Waals surface area contributed by atoms with Crippen LogP contribution in [-0.4, -0.2) is 25.5 Å². The lowest BCUT2D eigenvalue weighted by molar-refractivity contribution is -0.126. The molecule has 2 aromatic carbocycles. The summed E-state index contributed by atoms with van der Waals surface area (Å²) in [6, 6.07) is 12.3. The highest BCUT2D eigenvalue weighted by Crippen LogP contribution is 2.27. The number of nitrogens with one attached hydrogen (secondary N) is 2. The zero-order valence-corrected chi connectivity index (χ0v) is 15.2. The van der Waals surface area contributed by atoms with Crippen LogP contribution in [0.4, 0.5) is 5.69 Å². The van der Waals surface area contributed by atoms with Crippen molar-refractivity contribution in [3.8, 4) is 5.75 Å². The highest BCUT2D eigenvalue weighted by Gasteiger charge is 2.10. The van der Waals surface area contributed by atoms with Gasteiger partial charge in [-0.05, 0) is 42.3 Å². The van der Waals surface area contributed by atoms with Crippen molar-refractivity contribution in [1.82, 2.24) is 5.32 Å². The molecule has 0 spiro atoms. The van der Waals surface area contributed by atoms with Gasteiger partial charge in [-0.1, -0.05) is 35.3 Å². The van der Waals surface area contributed by atoms with Crippen LogP contribution in [0.1, 0.15) is 12.0 Å². The van der Waals surface area contributed by atoms with Crippen molar-refractivity contribution >= 4 is 40.7 Å². The van der Waals surface area contributed by atoms with Crippen LogP contribution >= 0.6 is 23.2 Å². The van der Waals surface area contributed by atoms with E-state index in [9.17, 15) is 9.59 Å². The maximum absolute atomic E-state index is 11.9. The molecule has 2 rings (SSSR count). The van der Waals surface area contributed by atoms with Gasteiger partial charge in [0.25, 0.3) is 0 Å². The molecule has 132 valence electrons. The predicted molar refractivity (Wildman–Crippen MR) is 99.4 cm³/mol. The topological polar surface area (TPSA) is 67.4 Å². The van der Waals surface area contributed by atoms with Gasteiger partial charge in [0.2, 0.25) is 11.8 Å². The van der Waals surface area contributed by atoms with Gasteiger partial charge < -0.3 is 15.4 Å². The molecule has 0 heterocycles. The smallest absolute Gasteiger partial charge is 0.233 e. The molecule has 2 aromatic rings. The SMILES string of the molecule is COc1ccc(NC(=O)CC(=O)NCCc2ccc(Cl)cc2)cc1Cl. The minimum Gasteiger partial charge on any atom is -0.495 e. The Labute approximate surface area is 156 Å². The van der Waals surface area contributed by atoms with Crippen molar-refractivity contribution in [2.24, 2.45) is 0 Å². The molecule has 0 radical (unpaired) electrons. The molecule has 0 bridgehead atoms. The summed E-state index contributed by atoms with van der Waals surface area (Å²) in [5, 5.41) is 6.39. The minimum atomic E-state index is -0.412. The maximum Gasteiger partial charge on any atom is 0.233 e. The lowest BCUT2D eigenvalue weighted by atomic mass is 10.1. The molecule has 0 saturated carbocycles. The number of rotatable bonds is 7. The monoisotopic (exact) mass is 380 g/mol. The third-order valence-corrected chi connectivity index (χ3v) is 3.95. The fourth-order valence-corrected chi connectivity index (χ4v) is 2.54. The van der Waals surface area contributed by atoms with E-state index in [4.69, 9.17) is 27.9 Å². The molecule has 0 saturated heterocycles. The zero-order valence-electron chi connectivity index (χ0n) is 13.6. The molecule has 7 heteroatoms. The van der Waals surface area contributed by atoms with Crippen molar-refractivity contribution in [2.45, 2.75) is 12.8 Å². The molecule has 0 fully saturated rings. The Hall–Kier alpha value is -2.24. The van der Waals surface area contributed by atoms with E-state index in [0.717, 1.165) is 5.56 Å². The summed E-state index contributed by atoms with van der Waals surface area (Å²) < 4.78 is 5.04. The number of carbonyl (C=O) groups is 2. The molecule has 0 aliphatic rings. The van der Waals surface area contributed by atoms with Crippen LogP contribution in [0.2, 0.25) is 10.0 Å². The first kappa shape index (κ1) is 19.1. The standard InChI is InChI=1S/C18H18Cl2N2O3/c1-25-16-7-6-14(10-15(16)20)22-18(24)11-17(23)21-9-8-12-2-4-13(19)5-3-12/h2-7,10H,8-9,11H2,1H3,(H,21,23)(H,22,24). The lowest BCUT2D eigenvalue weighted by Crippen LogP contribution is -2.29. The second kappa shape index (κ2) is 9.30. The van der Waals surface area contributed by atoms with Gasteiger partial charge in [0.1, 0.15) is 12.2 Å². The van der Waals surface area contributed by atoms with Gasteiger partial charge in [-0.2, -0.15) is 0 Å². The zero-order chi connectivity index (χ0) is 18.2. The van der Waals surface area contributed by atoms with Crippen molar-refractivity contribution < 1.29 is 14.3 Å². The molecule has 0 aliphatic carbocycles. The first-order valence-electron chi connectivity index (χ1n) is 7.62. The second-order valence-corrected chi connectivity index (χ2v) is 6.14. The summed E-state index contributed by atoms with van der Waals surface area (Å²) in [7, 11) is 1.51. The Kier molecular flexibility index (Phi) is 7.10. The van der Waals surface area contributed by atoms with Crippen LogP contribution in [0, 0.1) is 0 Å². The quantitative estimate of drug-likeness (QED) is 0.719. The predicted octanol–water partition coefficient (Wildman–Crippen LogP) is 3.69. The van der Waals surface area contributed by atoms with Crippen molar-refractivity contribution in [3.63, 3.8) is 0 Å². The Morgan fingerprint density at radius 1 is 1.04 bits per heavy atom. The van der Waals surface area contributed by atoms with Gasteiger partial charge in [-0.15, -0.1) is 0 Å². The normalized spacial score (nSPS) is 10.2. The third-order valence-electron chi connectivity index (χ3n) is 3.41. The number of ether oxygens (including phenoxy) is 1. The summed E-state index contributed by atoms with van der Waals surface area (Å²) in [5.74, 6) is -0.240. The van der Waals surface area contributed by atoms with Crippen LogP contribution in [-0.2, 0) is 16.0 Å². The fraction of sp³-hybridized carbons (Fsp3) is 0.222. The number of methoxy groups -OCH3 is 1. The van der Waals surface area contributed by atoms with Crippen molar-refractivity contribution in [3.05, 3.63) is 58.1 Å². The molecule has 2 amide bonds. The number of hydrogen-bond acceptors (Lipinski definition) is 3. The van der Waals surface area contributed by atoms with E-state index in [1.165, 1.54) is 7.11 Å². The first-order chi connectivity index (χ1) is 12.0. The van der Waals surface area contributed by atoms with Crippen LogP contribution in [0.3, 0.4) is 0 Å². The average Bonchev–Trinajstić information content (AvgIpc) is 2.56. The molecule has 2 N–H and O–H groups in total. The number of amides is 2. The number of hydrogen-bond donors (Lipinski definition) is 2. The van der Waals surface area contributed by atoms with E-state index < -0.39 is 5.91 Å². The van der Waals surface area contributed by atoms with Gasteiger partial charge in [0, 0.05) is 17.3 Å². The maximum atomic E-state index is 11.9. The third kappa shape index (κ3) is 6.29. The van der Waals surface area contributed by atoms with E-state index in [1.54, 1.807) is 30.3 Å². The van der Waals surface area contributed by atoms with E-state index >= 15 is 0 Å². The summed E-state index contributed by atoms with van der Waals surface area (Å²) in [5.41, 5.74) is 1.56. The number of carbonyl (C=O) groups excluding carboxylic acids is 2. The summed E-state index contributed by atoms with van der Waals surface area (Å²) in [6.45, 7) is 0.447. The molecule has 5 nitrogen and oxygen atoms in total. The number of anilines is 1. The summed E-state index contributed by atoms with van der Waals surface area (Å²) >= 11 is 11.8. The van der Waals surface area contributed by atoms with Gasteiger partial charge in [-0.25, -0.2) is 0 Å². The molecule has 0 aliphatic heterocycles. The highest BCUT2D eigenvalue weighted by molar-refractivity contribution is 6.32. The molecule has 0 atom stereocenters. The highest BCUT2D eigenvalue weighted by atomic mass is 35.5. The Balaban J connectivity index is 1.75. The Bertz CT molecular complexity index is 748. The summed E-state index contributed by atoms with van der Waals surface area (Å²) in [6.07, 6.45) is 0.406. The fourth-order valence-electron chi connectivity index (χ4n) is 2.15. The van der Waals surface area contributed by atoms with E-state index in [-0.39, 0.29) is 12.3 Å².